The topological polar surface area (TPSA) is 75.1 Å². The summed E-state index contributed by atoms with van der Waals surface area (Å²) in [4.78, 5) is 26.3. The van der Waals surface area contributed by atoms with Gasteiger partial charge in [-0.05, 0) is 43.4 Å². The van der Waals surface area contributed by atoms with Crippen molar-refractivity contribution in [2.24, 2.45) is 0 Å². The second-order valence-electron chi connectivity index (χ2n) is 7.87. The van der Waals surface area contributed by atoms with Gasteiger partial charge in [-0.15, -0.1) is 11.3 Å². The van der Waals surface area contributed by atoms with Crippen LogP contribution in [0, 0.1) is 0 Å². The van der Waals surface area contributed by atoms with Gasteiger partial charge in [0.2, 0.25) is 0 Å². The van der Waals surface area contributed by atoms with Crippen molar-refractivity contribution < 1.29 is 4.79 Å². The monoisotopic (exact) mass is 464 g/mol. The zero-order valence-corrected chi connectivity index (χ0v) is 19.1. The van der Waals surface area contributed by atoms with Gasteiger partial charge in [-0.1, -0.05) is 11.6 Å². The molecule has 4 heterocycles. The number of thiazole rings is 1. The molecule has 1 aliphatic heterocycles. The van der Waals surface area contributed by atoms with Crippen molar-refractivity contribution in [3.63, 3.8) is 0 Å². The predicted octanol–water partition coefficient (Wildman–Crippen LogP) is 3.98. The number of carbonyl (C=O) groups excluding carboxylic acids is 1. The van der Waals surface area contributed by atoms with Crippen LogP contribution in [0.5, 0.6) is 0 Å². The molecule has 1 saturated heterocycles. The summed E-state index contributed by atoms with van der Waals surface area (Å²) in [5, 5.41) is 10.3. The number of aromatic nitrogens is 4. The van der Waals surface area contributed by atoms with E-state index in [9.17, 15) is 4.79 Å². The van der Waals surface area contributed by atoms with Gasteiger partial charge in [0.05, 0.1) is 23.8 Å². The van der Waals surface area contributed by atoms with Crippen molar-refractivity contribution in [2.45, 2.75) is 6.42 Å². The minimum atomic E-state index is -0.000660. The quantitative estimate of drug-likeness (QED) is 0.413. The minimum Gasteiger partial charge on any atom is -0.354 e. The third kappa shape index (κ3) is 4.48. The van der Waals surface area contributed by atoms with Crippen molar-refractivity contribution in [1.82, 2.24) is 25.1 Å². The van der Waals surface area contributed by atoms with E-state index in [-0.39, 0.29) is 12.2 Å². The molecule has 4 aromatic rings. The van der Waals surface area contributed by atoms with E-state index in [1.54, 1.807) is 18.5 Å². The van der Waals surface area contributed by atoms with E-state index >= 15 is 0 Å². The highest BCUT2D eigenvalue weighted by Gasteiger charge is 2.17. The van der Waals surface area contributed by atoms with Crippen LogP contribution in [0.15, 0.2) is 48.8 Å². The highest BCUT2D eigenvalue weighted by atomic mass is 35.5. The van der Waals surface area contributed by atoms with Crippen molar-refractivity contribution in [2.75, 3.05) is 38.1 Å². The number of ketones is 1. The van der Waals surface area contributed by atoms with Crippen molar-refractivity contribution in [3.8, 4) is 10.6 Å². The smallest absolute Gasteiger partial charge is 0.169 e. The summed E-state index contributed by atoms with van der Waals surface area (Å²) in [5.74, 6) is 0.847. The van der Waals surface area contributed by atoms with Gasteiger partial charge < -0.3 is 9.80 Å². The molecule has 0 radical (unpaired) electrons. The Bertz CT molecular complexity index is 1280. The number of benzene rings is 1. The summed E-state index contributed by atoms with van der Waals surface area (Å²) in [6.45, 7) is 3.79. The van der Waals surface area contributed by atoms with Gasteiger partial charge in [0.1, 0.15) is 15.2 Å². The highest BCUT2D eigenvalue weighted by molar-refractivity contribution is 7.18. The van der Waals surface area contributed by atoms with Crippen LogP contribution in [-0.2, 0) is 6.42 Å². The predicted molar refractivity (Wildman–Crippen MR) is 128 cm³/mol. The van der Waals surface area contributed by atoms with Gasteiger partial charge in [-0.2, -0.15) is 10.2 Å². The van der Waals surface area contributed by atoms with Gasteiger partial charge >= 0.3 is 0 Å². The summed E-state index contributed by atoms with van der Waals surface area (Å²) >= 11 is 7.45. The molecule has 7 nitrogen and oxygen atoms in total. The van der Waals surface area contributed by atoms with Crippen molar-refractivity contribution in [3.05, 3.63) is 64.4 Å². The molecule has 1 aromatic carbocycles. The fourth-order valence-electron chi connectivity index (χ4n) is 3.76. The third-order valence-electron chi connectivity index (χ3n) is 5.60. The van der Waals surface area contributed by atoms with Crippen LogP contribution in [0.1, 0.15) is 16.1 Å². The van der Waals surface area contributed by atoms with Gasteiger partial charge in [0.25, 0.3) is 0 Å². The molecular formula is C23H21ClN6OS. The minimum absolute atomic E-state index is 0.000660. The lowest BCUT2D eigenvalue weighted by Crippen LogP contribution is -2.44. The largest absolute Gasteiger partial charge is 0.354 e. The Balaban J connectivity index is 1.36. The summed E-state index contributed by atoms with van der Waals surface area (Å²) < 4.78 is 0.646. The number of carbonyl (C=O) groups is 1. The lowest BCUT2D eigenvalue weighted by molar-refractivity contribution is 0.0991. The van der Waals surface area contributed by atoms with Crippen LogP contribution in [0.25, 0.3) is 21.5 Å². The maximum absolute atomic E-state index is 13.0. The Hall–Kier alpha value is -2.94. The van der Waals surface area contributed by atoms with Crippen LogP contribution in [0.3, 0.4) is 0 Å². The van der Waals surface area contributed by atoms with E-state index < -0.39 is 0 Å². The molecule has 0 amide bonds. The van der Waals surface area contributed by atoms with Crippen LogP contribution >= 0.6 is 22.9 Å². The number of halogens is 1. The van der Waals surface area contributed by atoms with Crippen LogP contribution in [0.2, 0.25) is 4.34 Å². The maximum atomic E-state index is 13.0. The highest BCUT2D eigenvalue weighted by Crippen LogP contribution is 2.30. The second-order valence-corrected chi connectivity index (χ2v) is 9.53. The summed E-state index contributed by atoms with van der Waals surface area (Å²) in [6, 6.07) is 11.4. The van der Waals surface area contributed by atoms with Gasteiger partial charge in [-0.3, -0.25) is 4.79 Å². The average Bonchev–Trinajstić information content (AvgIpc) is 3.25. The van der Waals surface area contributed by atoms with Crippen LogP contribution in [-0.4, -0.2) is 64.1 Å². The molecule has 0 aliphatic carbocycles. The van der Waals surface area contributed by atoms with E-state index in [2.05, 4.69) is 37.0 Å². The number of hydrogen-bond donors (Lipinski definition) is 0. The molecule has 0 spiro atoms. The van der Waals surface area contributed by atoms with Gasteiger partial charge in [0, 0.05) is 48.9 Å². The first kappa shape index (κ1) is 20.9. The van der Waals surface area contributed by atoms with Crippen molar-refractivity contribution >= 4 is 45.4 Å². The molecular weight excluding hydrogens is 444 g/mol. The van der Waals surface area contributed by atoms with Crippen LogP contribution < -0.4 is 4.90 Å². The molecule has 162 valence electrons. The number of anilines is 1. The van der Waals surface area contributed by atoms with Gasteiger partial charge in [-0.25, -0.2) is 9.97 Å². The molecule has 5 rings (SSSR count). The molecule has 9 heteroatoms. The number of Topliss-reactive ketones (excluding diaryl/α,β-unsaturated/α-hetero) is 1. The first-order chi connectivity index (χ1) is 15.5. The number of rotatable bonds is 5. The molecule has 1 aliphatic rings. The number of nitrogens with zero attached hydrogens (tertiary/aromatic N) is 6. The van der Waals surface area contributed by atoms with E-state index in [4.69, 9.17) is 11.6 Å². The summed E-state index contributed by atoms with van der Waals surface area (Å²) in [7, 11) is 2.12. The molecule has 3 aromatic heterocycles. The number of hydrogen-bond acceptors (Lipinski definition) is 8. The molecule has 32 heavy (non-hydrogen) atoms. The fraction of sp³-hybridized carbons (Fsp3) is 0.261. The molecule has 0 saturated carbocycles. The third-order valence-corrected chi connectivity index (χ3v) is 6.76. The normalized spacial score (nSPS) is 14.8. The first-order valence-corrected chi connectivity index (χ1v) is 11.6. The second kappa shape index (κ2) is 8.90. The van der Waals surface area contributed by atoms with Gasteiger partial charge in [0.15, 0.2) is 5.78 Å². The molecule has 1 fully saturated rings. The number of fused-ring (bicyclic) bond motifs is 1. The molecule has 0 atom stereocenters. The van der Waals surface area contributed by atoms with E-state index in [1.165, 1.54) is 11.3 Å². The number of piperazine rings is 1. The Labute approximate surface area is 194 Å². The first-order valence-electron chi connectivity index (χ1n) is 10.4. The van der Waals surface area contributed by atoms with Crippen LogP contribution in [0.4, 0.5) is 5.82 Å². The summed E-state index contributed by atoms with van der Waals surface area (Å²) in [6.07, 6.45) is 3.53. The van der Waals surface area contributed by atoms with Crippen molar-refractivity contribution in [1.29, 1.82) is 0 Å². The van der Waals surface area contributed by atoms with E-state index in [0.29, 0.717) is 15.6 Å². The molecule has 0 unspecified atom stereocenters. The molecule has 0 bridgehead atoms. The lowest BCUT2D eigenvalue weighted by Gasteiger charge is -2.33. The Morgan fingerprint density at radius 1 is 1.06 bits per heavy atom. The van der Waals surface area contributed by atoms with E-state index in [0.717, 1.165) is 53.5 Å². The van der Waals surface area contributed by atoms with E-state index in [1.807, 2.05) is 30.3 Å². The SMILES string of the molecule is CN1CCN(c2cc(C(=O)Cc3cc4cc(-c5ncc(Cl)s5)ccc4nn3)ccn2)CC1. The zero-order valence-electron chi connectivity index (χ0n) is 17.5. The Morgan fingerprint density at radius 2 is 1.91 bits per heavy atom. The Kier molecular flexibility index (Phi) is 5.82. The Morgan fingerprint density at radius 3 is 2.69 bits per heavy atom. The number of pyridine rings is 1. The standard InChI is InChI=1S/C23H21ClN6OS/c1-29-6-8-30(9-7-29)22-12-15(4-5-25-22)20(31)13-18-11-17-10-16(2-3-19(17)28-27-18)23-26-14-21(24)32-23/h2-5,10-12,14H,6-9,13H2,1H3. The lowest BCUT2D eigenvalue weighted by atomic mass is 10.1. The molecule has 0 N–H and O–H groups in total. The average molecular weight is 465 g/mol. The fourth-order valence-corrected chi connectivity index (χ4v) is 4.67. The zero-order chi connectivity index (χ0) is 22.1. The maximum Gasteiger partial charge on any atom is 0.169 e. The number of likely N-dealkylation sites (N-methyl/N-ethyl adjacent to an activating group) is 1. The summed E-state index contributed by atoms with van der Waals surface area (Å²) in [5.41, 5.74) is 3.01.